The molecule has 0 heterocycles. The lowest BCUT2D eigenvalue weighted by Crippen LogP contribution is -2.49. The number of rotatable bonds is 5. The van der Waals surface area contributed by atoms with Crippen LogP contribution in [0.15, 0.2) is 0 Å². The van der Waals surface area contributed by atoms with E-state index in [2.05, 4.69) is 38.2 Å². The lowest BCUT2D eigenvalue weighted by atomic mass is 9.90. The van der Waals surface area contributed by atoms with E-state index < -0.39 is 0 Å². The average Bonchev–Trinajstić information content (AvgIpc) is 2.15. The van der Waals surface area contributed by atoms with Crippen molar-refractivity contribution in [2.24, 2.45) is 11.7 Å². The van der Waals surface area contributed by atoms with Gasteiger partial charge in [-0.15, -0.1) is 0 Å². The predicted octanol–water partition coefficient (Wildman–Crippen LogP) is 1.43. The third-order valence-corrected chi connectivity index (χ3v) is 3.53. The first kappa shape index (κ1) is 13.9. The molecule has 0 amide bonds. The van der Waals surface area contributed by atoms with E-state index in [0.717, 1.165) is 13.0 Å². The van der Waals surface area contributed by atoms with Crippen LogP contribution in [0.4, 0.5) is 0 Å². The van der Waals surface area contributed by atoms with Crippen LogP contribution in [-0.2, 0) is 0 Å². The summed E-state index contributed by atoms with van der Waals surface area (Å²) in [6.07, 6.45) is 4.94. The molecule has 1 saturated carbocycles. The van der Waals surface area contributed by atoms with E-state index in [1.54, 1.807) is 0 Å². The van der Waals surface area contributed by atoms with Crippen molar-refractivity contribution in [3.05, 3.63) is 0 Å². The molecule has 3 N–H and O–H groups in total. The molecule has 0 bridgehead atoms. The van der Waals surface area contributed by atoms with Crippen molar-refractivity contribution < 1.29 is 0 Å². The zero-order valence-corrected chi connectivity index (χ0v) is 11.4. The van der Waals surface area contributed by atoms with Crippen molar-refractivity contribution in [2.45, 2.75) is 57.7 Å². The van der Waals surface area contributed by atoms with E-state index in [4.69, 9.17) is 5.73 Å². The molecule has 3 unspecified atom stereocenters. The van der Waals surface area contributed by atoms with E-state index in [-0.39, 0.29) is 0 Å². The normalized spacial score (nSPS) is 28.7. The molecule has 3 nitrogen and oxygen atoms in total. The summed E-state index contributed by atoms with van der Waals surface area (Å²) in [6, 6.07) is 1.64. The number of nitrogens with zero attached hydrogens (tertiary/aromatic N) is 1. The molecule has 3 atom stereocenters. The Balaban J connectivity index is 2.41. The molecule has 0 aliphatic heterocycles. The van der Waals surface area contributed by atoms with Crippen LogP contribution in [0.2, 0.25) is 0 Å². The molecule has 0 spiro atoms. The van der Waals surface area contributed by atoms with Gasteiger partial charge in [0.2, 0.25) is 0 Å². The topological polar surface area (TPSA) is 41.3 Å². The standard InChI is InChI=1S/C13H29N3/c1-10(2)13(9-16(3)4)15-12-7-5-6-11(14)8-12/h10-13,15H,5-9,14H2,1-4H3. The van der Waals surface area contributed by atoms with Crippen molar-refractivity contribution in [2.75, 3.05) is 20.6 Å². The Morgan fingerprint density at radius 1 is 1.31 bits per heavy atom. The maximum Gasteiger partial charge on any atom is 0.0220 e. The fourth-order valence-electron chi connectivity index (χ4n) is 2.53. The number of nitrogens with two attached hydrogens (primary N) is 1. The summed E-state index contributed by atoms with van der Waals surface area (Å²) in [5, 5.41) is 3.80. The van der Waals surface area contributed by atoms with Crippen molar-refractivity contribution in [1.29, 1.82) is 0 Å². The molecule has 1 aliphatic rings. The van der Waals surface area contributed by atoms with Gasteiger partial charge in [0, 0.05) is 24.7 Å². The minimum atomic E-state index is 0.415. The second-order valence-corrected chi connectivity index (χ2v) is 5.90. The fourth-order valence-corrected chi connectivity index (χ4v) is 2.53. The first-order valence-corrected chi connectivity index (χ1v) is 6.65. The summed E-state index contributed by atoms with van der Waals surface area (Å²) >= 11 is 0. The minimum Gasteiger partial charge on any atom is -0.328 e. The number of hydrogen-bond acceptors (Lipinski definition) is 3. The van der Waals surface area contributed by atoms with Gasteiger partial charge in [-0.2, -0.15) is 0 Å². The molecule has 3 heteroatoms. The van der Waals surface area contributed by atoms with Crippen molar-refractivity contribution in [1.82, 2.24) is 10.2 Å². The average molecular weight is 227 g/mol. The summed E-state index contributed by atoms with van der Waals surface area (Å²) in [5.41, 5.74) is 6.03. The maximum atomic E-state index is 6.03. The van der Waals surface area contributed by atoms with Crippen LogP contribution < -0.4 is 11.1 Å². The quantitative estimate of drug-likeness (QED) is 0.746. The van der Waals surface area contributed by atoms with E-state index >= 15 is 0 Å². The second kappa shape index (κ2) is 6.58. The van der Waals surface area contributed by atoms with Crippen molar-refractivity contribution >= 4 is 0 Å². The lowest BCUT2D eigenvalue weighted by molar-refractivity contribution is 0.237. The number of nitrogens with one attached hydrogen (secondary N) is 1. The molecule has 1 fully saturated rings. The maximum absolute atomic E-state index is 6.03. The molecular weight excluding hydrogens is 198 g/mol. The van der Waals surface area contributed by atoms with E-state index in [1.807, 2.05) is 0 Å². The Bertz CT molecular complexity index is 192. The summed E-state index contributed by atoms with van der Waals surface area (Å²) < 4.78 is 0. The Kier molecular flexibility index (Phi) is 5.73. The molecule has 0 saturated heterocycles. The highest BCUT2D eigenvalue weighted by atomic mass is 15.1. The van der Waals surface area contributed by atoms with Crippen LogP contribution in [-0.4, -0.2) is 43.7 Å². The monoisotopic (exact) mass is 227 g/mol. The molecule has 0 aromatic rings. The van der Waals surface area contributed by atoms with Gasteiger partial charge in [-0.25, -0.2) is 0 Å². The van der Waals surface area contributed by atoms with Crippen LogP contribution in [0.3, 0.4) is 0 Å². The van der Waals surface area contributed by atoms with Crippen LogP contribution in [0.5, 0.6) is 0 Å². The predicted molar refractivity (Wildman–Crippen MR) is 70.5 cm³/mol. The Morgan fingerprint density at radius 3 is 2.50 bits per heavy atom. The van der Waals surface area contributed by atoms with Gasteiger partial charge < -0.3 is 16.0 Å². The van der Waals surface area contributed by atoms with Gasteiger partial charge in [-0.1, -0.05) is 20.3 Å². The highest BCUT2D eigenvalue weighted by Crippen LogP contribution is 2.18. The molecule has 96 valence electrons. The summed E-state index contributed by atoms with van der Waals surface area (Å²) in [4.78, 5) is 2.26. The largest absolute Gasteiger partial charge is 0.328 e. The molecule has 0 aromatic heterocycles. The molecule has 0 radical (unpaired) electrons. The van der Waals surface area contributed by atoms with E-state index in [0.29, 0.717) is 24.0 Å². The van der Waals surface area contributed by atoms with Gasteiger partial charge in [-0.05, 0) is 39.3 Å². The molecule has 16 heavy (non-hydrogen) atoms. The van der Waals surface area contributed by atoms with Crippen LogP contribution in [0.1, 0.15) is 39.5 Å². The van der Waals surface area contributed by atoms with Gasteiger partial charge in [0.25, 0.3) is 0 Å². The summed E-state index contributed by atoms with van der Waals surface area (Å²) in [6.45, 7) is 5.71. The number of likely N-dealkylation sites (N-methyl/N-ethyl adjacent to an activating group) is 1. The minimum absolute atomic E-state index is 0.415. The van der Waals surface area contributed by atoms with Crippen LogP contribution in [0.25, 0.3) is 0 Å². The van der Waals surface area contributed by atoms with E-state index in [1.165, 1.54) is 19.3 Å². The van der Waals surface area contributed by atoms with Gasteiger partial charge in [0.1, 0.15) is 0 Å². The number of hydrogen-bond donors (Lipinski definition) is 2. The molecule has 1 rings (SSSR count). The summed E-state index contributed by atoms with van der Waals surface area (Å²) in [5.74, 6) is 0.681. The van der Waals surface area contributed by atoms with Crippen LogP contribution in [0, 0.1) is 5.92 Å². The Morgan fingerprint density at radius 2 is 2.00 bits per heavy atom. The van der Waals surface area contributed by atoms with E-state index in [9.17, 15) is 0 Å². The SMILES string of the molecule is CC(C)C(CN(C)C)NC1CCCC(N)C1. The highest BCUT2D eigenvalue weighted by molar-refractivity contribution is 4.84. The summed E-state index contributed by atoms with van der Waals surface area (Å²) in [7, 11) is 4.29. The smallest absolute Gasteiger partial charge is 0.0220 e. The van der Waals surface area contributed by atoms with Gasteiger partial charge in [-0.3, -0.25) is 0 Å². The molecule has 1 aliphatic carbocycles. The van der Waals surface area contributed by atoms with Crippen LogP contribution >= 0.6 is 0 Å². The molecule has 0 aromatic carbocycles. The third-order valence-electron chi connectivity index (χ3n) is 3.53. The zero-order valence-electron chi connectivity index (χ0n) is 11.4. The third kappa shape index (κ3) is 4.81. The van der Waals surface area contributed by atoms with Gasteiger partial charge in [0.05, 0.1) is 0 Å². The Labute approximate surface area is 101 Å². The van der Waals surface area contributed by atoms with Gasteiger partial charge in [0.15, 0.2) is 0 Å². The molecular formula is C13H29N3. The lowest BCUT2D eigenvalue weighted by Gasteiger charge is -2.34. The second-order valence-electron chi connectivity index (χ2n) is 5.90. The first-order chi connectivity index (χ1) is 7.49. The zero-order chi connectivity index (χ0) is 12.1. The highest BCUT2D eigenvalue weighted by Gasteiger charge is 2.23. The van der Waals surface area contributed by atoms with Gasteiger partial charge >= 0.3 is 0 Å². The van der Waals surface area contributed by atoms with Crippen molar-refractivity contribution in [3.8, 4) is 0 Å². The fraction of sp³-hybridized carbons (Fsp3) is 1.00. The Hall–Kier alpha value is -0.120. The van der Waals surface area contributed by atoms with Crippen molar-refractivity contribution in [3.63, 3.8) is 0 Å². The first-order valence-electron chi connectivity index (χ1n) is 6.65.